The Kier molecular flexibility index (Phi) is 3.24. The lowest BCUT2D eigenvalue weighted by molar-refractivity contribution is -0.123. The first-order chi connectivity index (χ1) is 9.63. The zero-order valence-electron chi connectivity index (χ0n) is 11.7. The van der Waals surface area contributed by atoms with E-state index in [0.717, 1.165) is 12.8 Å². The van der Waals surface area contributed by atoms with Crippen LogP contribution in [0, 0.1) is 17.3 Å². The molecule has 2 fully saturated rings. The summed E-state index contributed by atoms with van der Waals surface area (Å²) in [5.74, 6) is 0.840. The van der Waals surface area contributed by atoms with Crippen LogP contribution in [0.25, 0.3) is 0 Å². The number of hydrogen-bond acceptors (Lipinski definition) is 3. The van der Waals surface area contributed by atoms with Crippen LogP contribution in [0.4, 0.5) is 0 Å². The monoisotopic (exact) mass is 272 g/mol. The van der Waals surface area contributed by atoms with Gasteiger partial charge in [-0.25, -0.2) is 5.43 Å². The van der Waals surface area contributed by atoms with Crippen molar-refractivity contribution in [2.45, 2.75) is 32.6 Å². The van der Waals surface area contributed by atoms with E-state index in [1.165, 1.54) is 19.1 Å². The van der Waals surface area contributed by atoms with Gasteiger partial charge in [-0.05, 0) is 36.3 Å². The van der Waals surface area contributed by atoms with Gasteiger partial charge in [0.05, 0.1) is 6.21 Å². The molecule has 4 heteroatoms. The highest BCUT2D eigenvalue weighted by atomic mass is 16.3. The Balaban J connectivity index is 1.60. The summed E-state index contributed by atoms with van der Waals surface area (Å²) in [5, 5.41) is 13.6. The van der Waals surface area contributed by atoms with E-state index in [1.54, 1.807) is 18.2 Å². The van der Waals surface area contributed by atoms with Crippen molar-refractivity contribution in [1.82, 2.24) is 5.43 Å². The van der Waals surface area contributed by atoms with E-state index < -0.39 is 0 Å². The third-order valence-electron chi connectivity index (χ3n) is 4.93. The molecule has 0 radical (unpaired) electrons. The average Bonchev–Trinajstić information content (AvgIpc) is 3.06. The van der Waals surface area contributed by atoms with E-state index in [-0.39, 0.29) is 23.0 Å². The molecule has 2 aliphatic rings. The molecule has 4 nitrogen and oxygen atoms in total. The zero-order valence-corrected chi connectivity index (χ0v) is 11.7. The van der Waals surface area contributed by atoms with Gasteiger partial charge in [0.15, 0.2) is 0 Å². The maximum absolute atomic E-state index is 12.2. The number of carbonyl (C=O) groups excluding carboxylic acids is 1. The normalized spacial score (nSPS) is 31.9. The van der Waals surface area contributed by atoms with Crippen molar-refractivity contribution in [3.63, 3.8) is 0 Å². The van der Waals surface area contributed by atoms with E-state index in [2.05, 4.69) is 17.5 Å². The maximum Gasteiger partial charge on any atom is 0.244 e. The minimum Gasteiger partial charge on any atom is -0.507 e. The number of phenolic OH excluding ortho intramolecular Hbond substituents is 1. The third kappa shape index (κ3) is 2.19. The molecule has 0 spiro atoms. The topological polar surface area (TPSA) is 61.7 Å². The predicted octanol–water partition coefficient (Wildman–Crippen LogP) is 2.67. The van der Waals surface area contributed by atoms with Gasteiger partial charge >= 0.3 is 0 Å². The smallest absolute Gasteiger partial charge is 0.244 e. The number of hydrogen-bond donors (Lipinski definition) is 2. The maximum atomic E-state index is 12.2. The van der Waals surface area contributed by atoms with E-state index >= 15 is 0 Å². The van der Waals surface area contributed by atoms with E-state index in [9.17, 15) is 9.90 Å². The number of nitrogens with one attached hydrogen (secondary N) is 1. The first-order valence-electron chi connectivity index (χ1n) is 7.24. The second-order valence-electron chi connectivity index (χ2n) is 6.13. The molecule has 3 atom stereocenters. The van der Waals surface area contributed by atoms with E-state index in [0.29, 0.717) is 11.5 Å². The number of fused-ring (bicyclic) bond motifs is 1. The Morgan fingerprint density at radius 1 is 1.45 bits per heavy atom. The fourth-order valence-electron chi connectivity index (χ4n) is 3.68. The molecule has 0 bridgehead atoms. The number of para-hydroxylation sites is 1. The van der Waals surface area contributed by atoms with Gasteiger partial charge in [0.2, 0.25) is 5.91 Å². The molecule has 1 amide bonds. The number of phenols is 1. The molecule has 0 heterocycles. The summed E-state index contributed by atoms with van der Waals surface area (Å²) in [4.78, 5) is 12.2. The fraction of sp³-hybridized carbons (Fsp3) is 0.500. The van der Waals surface area contributed by atoms with Gasteiger partial charge in [-0.1, -0.05) is 31.9 Å². The number of nitrogens with zero attached hydrogens (tertiary/aromatic N) is 1. The average molecular weight is 272 g/mol. The molecule has 2 N–H and O–H groups in total. The Morgan fingerprint density at radius 2 is 2.25 bits per heavy atom. The summed E-state index contributed by atoms with van der Waals surface area (Å²) in [7, 11) is 0. The van der Waals surface area contributed by atoms with Gasteiger partial charge in [-0.3, -0.25) is 4.79 Å². The van der Waals surface area contributed by atoms with Crippen LogP contribution < -0.4 is 5.43 Å². The van der Waals surface area contributed by atoms with Gasteiger partial charge in [0, 0.05) is 11.5 Å². The van der Waals surface area contributed by atoms with Crippen LogP contribution in [-0.4, -0.2) is 17.2 Å². The Bertz CT molecular complexity index is 555. The molecule has 106 valence electrons. The minimum absolute atomic E-state index is 0.0195. The van der Waals surface area contributed by atoms with Gasteiger partial charge < -0.3 is 5.11 Å². The highest BCUT2D eigenvalue weighted by molar-refractivity contribution is 5.87. The summed E-state index contributed by atoms with van der Waals surface area (Å²) < 4.78 is 0. The van der Waals surface area contributed by atoms with Gasteiger partial charge in [0.1, 0.15) is 5.75 Å². The molecule has 0 aliphatic heterocycles. The van der Waals surface area contributed by atoms with Gasteiger partial charge in [0.25, 0.3) is 0 Å². The summed E-state index contributed by atoms with van der Waals surface area (Å²) in [6.45, 7) is 2.22. The lowest BCUT2D eigenvalue weighted by Gasteiger charge is -2.15. The van der Waals surface area contributed by atoms with Crippen molar-refractivity contribution < 1.29 is 9.90 Å². The first kappa shape index (κ1) is 13.2. The van der Waals surface area contributed by atoms with Crippen LogP contribution in [0.1, 0.15) is 38.2 Å². The predicted molar refractivity (Wildman–Crippen MR) is 77.4 cm³/mol. The Hall–Kier alpha value is -1.84. The van der Waals surface area contributed by atoms with Gasteiger partial charge in [-0.2, -0.15) is 5.10 Å². The summed E-state index contributed by atoms with van der Waals surface area (Å²) in [5.41, 5.74) is 3.43. The highest BCUT2D eigenvalue weighted by Crippen LogP contribution is 2.66. The number of aromatic hydroxyl groups is 1. The third-order valence-corrected chi connectivity index (χ3v) is 4.93. The van der Waals surface area contributed by atoms with Gasteiger partial charge in [-0.15, -0.1) is 0 Å². The number of hydrazone groups is 1. The van der Waals surface area contributed by atoms with Crippen LogP contribution in [0.5, 0.6) is 5.75 Å². The molecule has 3 rings (SSSR count). The second-order valence-corrected chi connectivity index (χ2v) is 6.13. The number of carbonyl (C=O) groups is 1. The summed E-state index contributed by atoms with van der Waals surface area (Å²) in [6, 6.07) is 6.92. The second kappa shape index (κ2) is 4.93. The largest absolute Gasteiger partial charge is 0.507 e. The Morgan fingerprint density at radius 3 is 2.95 bits per heavy atom. The van der Waals surface area contributed by atoms with Crippen LogP contribution in [0.15, 0.2) is 29.4 Å². The first-order valence-corrected chi connectivity index (χ1v) is 7.24. The van der Waals surface area contributed by atoms with Crippen molar-refractivity contribution >= 4 is 12.1 Å². The summed E-state index contributed by atoms with van der Waals surface area (Å²) >= 11 is 0. The fourth-order valence-corrected chi connectivity index (χ4v) is 3.68. The van der Waals surface area contributed by atoms with Crippen LogP contribution in [-0.2, 0) is 4.79 Å². The van der Waals surface area contributed by atoms with Crippen molar-refractivity contribution in [2.24, 2.45) is 22.4 Å². The minimum atomic E-state index is 0.0195. The number of amides is 1. The van der Waals surface area contributed by atoms with Crippen molar-refractivity contribution in [2.75, 3.05) is 0 Å². The van der Waals surface area contributed by atoms with Crippen LogP contribution >= 0.6 is 0 Å². The molecule has 0 saturated heterocycles. The van der Waals surface area contributed by atoms with Crippen molar-refractivity contribution in [3.05, 3.63) is 29.8 Å². The van der Waals surface area contributed by atoms with Crippen LogP contribution in [0.2, 0.25) is 0 Å². The molecule has 1 aromatic rings. The molecule has 2 aliphatic carbocycles. The summed E-state index contributed by atoms with van der Waals surface area (Å²) in [6.07, 6.45) is 6.28. The SMILES string of the molecule is C[C@]12CCCC[C@H]1[C@@H]2C(=O)N/N=C\c1ccccc1O. The number of benzene rings is 1. The quantitative estimate of drug-likeness (QED) is 0.656. The van der Waals surface area contributed by atoms with E-state index in [4.69, 9.17) is 0 Å². The number of rotatable bonds is 3. The molecule has 2 saturated carbocycles. The molecule has 0 unspecified atom stereocenters. The molecule has 20 heavy (non-hydrogen) atoms. The molecule has 0 aromatic heterocycles. The standard InChI is InChI=1S/C16H20N2O2/c1-16-9-5-4-7-12(16)14(16)15(20)18-17-10-11-6-2-3-8-13(11)19/h2-3,6,8,10,12,14,19H,4-5,7,9H2,1H3,(H,18,20)/b17-10-/t12-,14+,16-/m0/s1. The molecular weight excluding hydrogens is 252 g/mol. The molecular formula is C16H20N2O2. The van der Waals surface area contributed by atoms with E-state index in [1.807, 2.05) is 6.07 Å². The lowest BCUT2D eigenvalue weighted by Crippen LogP contribution is -2.22. The van der Waals surface area contributed by atoms with Crippen molar-refractivity contribution in [1.29, 1.82) is 0 Å². The Labute approximate surface area is 118 Å². The lowest BCUT2D eigenvalue weighted by atomic mass is 9.90. The zero-order chi connectivity index (χ0) is 14.2. The highest BCUT2D eigenvalue weighted by Gasteiger charge is 2.64. The molecule has 1 aromatic carbocycles. The van der Waals surface area contributed by atoms with Crippen LogP contribution in [0.3, 0.4) is 0 Å². The van der Waals surface area contributed by atoms with Crippen molar-refractivity contribution in [3.8, 4) is 5.75 Å².